The van der Waals surface area contributed by atoms with Gasteiger partial charge < -0.3 is 20.6 Å². The van der Waals surface area contributed by atoms with Crippen LogP contribution in [0.5, 0.6) is 0 Å². The summed E-state index contributed by atoms with van der Waals surface area (Å²) in [5.74, 6) is -0.829. The molecule has 2 atom stereocenters. The van der Waals surface area contributed by atoms with Crippen LogP contribution in [0.15, 0.2) is 24.3 Å². The average molecular weight is 319 g/mol. The van der Waals surface area contributed by atoms with Crippen LogP contribution < -0.4 is 5.73 Å². The number of aliphatic hydroxyl groups is 1. The lowest BCUT2D eigenvalue weighted by atomic mass is 10.0. The van der Waals surface area contributed by atoms with Crippen LogP contribution in [0.2, 0.25) is 0 Å². The summed E-state index contributed by atoms with van der Waals surface area (Å²) in [6.07, 6.45) is 0.290. The highest BCUT2D eigenvalue weighted by atomic mass is 16.3. The second-order valence-electron chi connectivity index (χ2n) is 6.46. The zero-order chi connectivity index (χ0) is 17.0. The van der Waals surface area contributed by atoms with Crippen LogP contribution in [0.25, 0.3) is 0 Å². The third-order valence-electron chi connectivity index (χ3n) is 4.18. The molecule has 0 aliphatic carbocycles. The number of hydrogen-bond donors (Lipinski definition) is 2. The summed E-state index contributed by atoms with van der Waals surface area (Å²) in [5.41, 5.74) is 6.92. The van der Waals surface area contributed by atoms with Crippen molar-refractivity contribution in [3.63, 3.8) is 0 Å². The average Bonchev–Trinajstić information content (AvgIpc) is 2.85. The summed E-state index contributed by atoms with van der Waals surface area (Å²) in [5, 5.41) is 10.00. The number of nitrogens with zero attached hydrogens (tertiary/aromatic N) is 2. The molecular formula is C17H25N3O3. The molecule has 6 nitrogen and oxygen atoms in total. The molecule has 23 heavy (non-hydrogen) atoms. The fourth-order valence-electron chi connectivity index (χ4n) is 2.87. The lowest BCUT2D eigenvalue weighted by Crippen LogP contribution is -2.29. The first-order valence-corrected chi connectivity index (χ1v) is 7.86. The van der Waals surface area contributed by atoms with E-state index in [0.29, 0.717) is 12.1 Å². The minimum absolute atomic E-state index is 0.105. The van der Waals surface area contributed by atoms with Gasteiger partial charge in [-0.1, -0.05) is 12.1 Å². The Kier molecular flexibility index (Phi) is 5.74. The molecule has 0 saturated carbocycles. The first-order chi connectivity index (χ1) is 10.9. The van der Waals surface area contributed by atoms with Crippen molar-refractivity contribution in [2.45, 2.75) is 18.9 Å². The highest BCUT2D eigenvalue weighted by Crippen LogP contribution is 2.22. The third kappa shape index (κ3) is 4.77. The predicted molar refractivity (Wildman–Crippen MR) is 87.9 cm³/mol. The number of benzene rings is 1. The van der Waals surface area contributed by atoms with E-state index < -0.39 is 12.0 Å². The number of aliphatic hydroxyl groups excluding tert-OH is 1. The third-order valence-corrected chi connectivity index (χ3v) is 4.18. The van der Waals surface area contributed by atoms with Gasteiger partial charge in [-0.3, -0.25) is 9.59 Å². The van der Waals surface area contributed by atoms with E-state index in [0.717, 1.165) is 18.5 Å². The lowest BCUT2D eigenvalue weighted by Gasteiger charge is -2.17. The van der Waals surface area contributed by atoms with E-state index in [1.807, 2.05) is 32.3 Å². The van der Waals surface area contributed by atoms with E-state index >= 15 is 0 Å². The Bertz CT molecular complexity index is 574. The molecule has 0 spiro atoms. The highest BCUT2D eigenvalue weighted by Gasteiger charge is 2.35. The van der Waals surface area contributed by atoms with Crippen LogP contribution in [0.3, 0.4) is 0 Å². The van der Waals surface area contributed by atoms with Crippen LogP contribution in [0, 0.1) is 5.92 Å². The molecule has 1 aromatic rings. The second kappa shape index (κ2) is 7.57. The number of primary amides is 1. The molecule has 1 aliphatic rings. The molecule has 6 heteroatoms. The number of likely N-dealkylation sites (tertiary alicyclic amines) is 1. The van der Waals surface area contributed by atoms with Gasteiger partial charge in [0.25, 0.3) is 5.91 Å². The van der Waals surface area contributed by atoms with Crippen molar-refractivity contribution in [3.8, 4) is 0 Å². The lowest BCUT2D eigenvalue weighted by molar-refractivity contribution is -0.119. The molecule has 126 valence electrons. The van der Waals surface area contributed by atoms with Gasteiger partial charge in [-0.2, -0.15) is 0 Å². The maximum absolute atomic E-state index is 12.6. The second-order valence-corrected chi connectivity index (χ2v) is 6.46. The van der Waals surface area contributed by atoms with Gasteiger partial charge in [0.1, 0.15) is 0 Å². The molecule has 1 aliphatic heterocycles. The molecule has 1 fully saturated rings. The maximum atomic E-state index is 12.6. The van der Waals surface area contributed by atoms with E-state index in [-0.39, 0.29) is 24.8 Å². The first kappa shape index (κ1) is 17.4. The fourth-order valence-corrected chi connectivity index (χ4v) is 2.87. The minimum Gasteiger partial charge on any atom is -0.391 e. The summed E-state index contributed by atoms with van der Waals surface area (Å²) in [6, 6.07) is 7.58. The standard InChI is InChI=1S/C17H25N3O3/c1-19(2)7-6-12-4-3-5-13(8-12)17(23)20-10-14(9-16(18)22)15(21)11-20/h3-5,8,14-15,21H,6-7,9-11H2,1-2H3,(H2,18,22)/t14-,15-/m1/s1. The molecule has 3 N–H and O–H groups in total. The summed E-state index contributed by atoms with van der Waals surface area (Å²) >= 11 is 0. The summed E-state index contributed by atoms with van der Waals surface area (Å²) < 4.78 is 0. The number of likely N-dealkylation sites (N-methyl/N-ethyl adjacent to an activating group) is 1. The molecular weight excluding hydrogens is 294 g/mol. The number of amides is 2. The van der Waals surface area contributed by atoms with Gasteiger partial charge in [-0.15, -0.1) is 0 Å². The summed E-state index contributed by atoms with van der Waals surface area (Å²) in [4.78, 5) is 27.3. The number of nitrogens with two attached hydrogens (primary N) is 1. The number of carbonyl (C=O) groups is 2. The van der Waals surface area contributed by atoms with E-state index in [9.17, 15) is 14.7 Å². The zero-order valence-corrected chi connectivity index (χ0v) is 13.7. The minimum atomic E-state index is -0.691. The number of rotatable bonds is 6. The van der Waals surface area contributed by atoms with Gasteiger partial charge in [-0.25, -0.2) is 0 Å². The molecule has 0 unspecified atom stereocenters. The van der Waals surface area contributed by atoms with Gasteiger partial charge in [0.05, 0.1) is 6.10 Å². The van der Waals surface area contributed by atoms with E-state index in [4.69, 9.17) is 5.73 Å². The fraction of sp³-hybridized carbons (Fsp3) is 0.529. The molecule has 2 amide bonds. The van der Waals surface area contributed by atoms with Crippen LogP contribution >= 0.6 is 0 Å². The molecule has 1 saturated heterocycles. The smallest absolute Gasteiger partial charge is 0.253 e. The van der Waals surface area contributed by atoms with E-state index in [2.05, 4.69) is 4.90 Å². The van der Waals surface area contributed by atoms with Crippen molar-refractivity contribution >= 4 is 11.8 Å². The van der Waals surface area contributed by atoms with Crippen molar-refractivity contribution in [2.75, 3.05) is 33.7 Å². The topological polar surface area (TPSA) is 86.9 Å². The van der Waals surface area contributed by atoms with Crippen LogP contribution in [0.4, 0.5) is 0 Å². The molecule has 0 bridgehead atoms. The van der Waals surface area contributed by atoms with Gasteiger partial charge in [0, 0.05) is 37.5 Å². The molecule has 1 aromatic carbocycles. The molecule has 0 aromatic heterocycles. The van der Waals surface area contributed by atoms with Gasteiger partial charge in [0.15, 0.2) is 0 Å². The SMILES string of the molecule is CN(C)CCc1cccc(C(=O)N2C[C@@H](CC(N)=O)[C@H](O)C2)c1. The van der Waals surface area contributed by atoms with Crippen molar-refractivity contribution in [3.05, 3.63) is 35.4 Å². The monoisotopic (exact) mass is 319 g/mol. The summed E-state index contributed by atoms with van der Waals surface area (Å²) in [6.45, 7) is 1.53. The van der Waals surface area contributed by atoms with Gasteiger partial charge in [-0.05, 0) is 38.2 Å². The van der Waals surface area contributed by atoms with Gasteiger partial charge in [0.2, 0.25) is 5.91 Å². The van der Waals surface area contributed by atoms with Crippen molar-refractivity contribution < 1.29 is 14.7 Å². The first-order valence-electron chi connectivity index (χ1n) is 7.86. The molecule has 2 rings (SSSR count). The highest BCUT2D eigenvalue weighted by molar-refractivity contribution is 5.94. The van der Waals surface area contributed by atoms with E-state index in [1.54, 1.807) is 11.0 Å². The van der Waals surface area contributed by atoms with Crippen molar-refractivity contribution in [1.29, 1.82) is 0 Å². The Labute approximate surface area is 136 Å². The maximum Gasteiger partial charge on any atom is 0.253 e. The van der Waals surface area contributed by atoms with Crippen LogP contribution in [0.1, 0.15) is 22.3 Å². The van der Waals surface area contributed by atoms with Crippen molar-refractivity contribution in [1.82, 2.24) is 9.80 Å². The Morgan fingerprint density at radius 2 is 2.09 bits per heavy atom. The quantitative estimate of drug-likeness (QED) is 0.778. The van der Waals surface area contributed by atoms with Crippen LogP contribution in [-0.2, 0) is 11.2 Å². The normalized spacial score (nSPS) is 21.0. The molecule has 0 radical (unpaired) electrons. The Morgan fingerprint density at radius 1 is 1.35 bits per heavy atom. The summed E-state index contributed by atoms with van der Waals surface area (Å²) in [7, 11) is 4.03. The Morgan fingerprint density at radius 3 is 2.74 bits per heavy atom. The Balaban J connectivity index is 2.03. The number of hydrogen-bond acceptors (Lipinski definition) is 4. The number of β-amino-alcohol motifs (C(OH)–C–C–N with tert-alkyl or cyclic N) is 1. The zero-order valence-electron chi connectivity index (χ0n) is 13.7. The van der Waals surface area contributed by atoms with Gasteiger partial charge >= 0.3 is 0 Å². The Hall–Kier alpha value is -1.92. The molecule has 1 heterocycles. The van der Waals surface area contributed by atoms with E-state index in [1.165, 1.54) is 0 Å². The number of carbonyl (C=O) groups excluding carboxylic acids is 2. The van der Waals surface area contributed by atoms with Crippen LogP contribution in [-0.4, -0.2) is 66.6 Å². The predicted octanol–water partition coefficient (Wildman–Crippen LogP) is 0.0990. The largest absolute Gasteiger partial charge is 0.391 e. The van der Waals surface area contributed by atoms with Crippen molar-refractivity contribution in [2.24, 2.45) is 11.7 Å².